The highest BCUT2D eigenvalue weighted by Gasteiger charge is 2.18. The molecule has 1 rings (SSSR count). The molecule has 0 fully saturated rings. The number of aliphatic hydroxyl groups excluding tert-OH is 1. The molecule has 3 N–H and O–H groups in total. The van der Waals surface area contributed by atoms with Crippen molar-refractivity contribution in [2.75, 3.05) is 6.54 Å². The summed E-state index contributed by atoms with van der Waals surface area (Å²) in [5.74, 6) is 0.344. The van der Waals surface area contributed by atoms with Crippen LogP contribution in [0.2, 0.25) is 0 Å². The lowest BCUT2D eigenvalue weighted by atomic mass is 10.0. The summed E-state index contributed by atoms with van der Waals surface area (Å²) in [6.07, 6.45) is 4.13. The van der Waals surface area contributed by atoms with E-state index in [2.05, 4.69) is 12.2 Å². The van der Waals surface area contributed by atoms with E-state index in [1.165, 1.54) is 0 Å². The maximum Gasteiger partial charge on any atom is 0.138 e. The average molecular weight is 314 g/mol. The molecule has 0 aliphatic rings. The predicted molar refractivity (Wildman–Crippen MR) is 81.4 cm³/mol. The molecular weight excluding hydrogens is 286 g/mol. The van der Waals surface area contributed by atoms with Crippen molar-refractivity contribution in [3.63, 3.8) is 0 Å². The minimum Gasteiger partial charge on any atom is -1.00 e. The van der Waals surface area contributed by atoms with Crippen LogP contribution in [0.4, 0.5) is 0 Å². The van der Waals surface area contributed by atoms with Crippen molar-refractivity contribution < 1.29 is 27.6 Å². The van der Waals surface area contributed by atoms with Crippen molar-refractivity contribution in [2.45, 2.75) is 58.1 Å². The third-order valence-corrected chi connectivity index (χ3v) is 3.66. The smallest absolute Gasteiger partial charge is 0.138 e. The second kappa shape index (κ2) is 11.7. The number of Topliss-reactive ketones (excluding diaryl/α,β-unsaturated/α-hetero) is 1. The Balaban J connectivity index is 0.00000400. The van der Waals surface area contributed by atoms with Crippen molar-refractivity contribution >= 4 is 5.78 Å². The maximum atomic E-state index is 11.7. The number of benzene rings is 1. The van der Waals surface area contributed by atoms with E-state index in [9.17, 15) is 9.90 Å². The van der Waals surface area contributed by atoms with Gasteiger partial charge in [0.25, 0.3) is 0 Å². The van der Waals surface area contributed by atoms with Gasteiger partial charge in [-0.25, -0.2) is 0 Å². The van der Waals surface area contributed by atoms with Gasteiger partial charge in [-0.05, 0) is 18.9 Å². The van der Waals surface area contributed by atoms with Crippen LogP contribution in [-0.2, 0) is 4.79 Å². The highest BCUT2D eigenvalue weighted by Crippen LogP contribution is 2.13. The molecule has 0 aliphatic carbocycles. The number of rotatable bonds is 10. The van der Waals surface area contributed by atoms with E-state index in [1.807, 2.05) is 37.3 Å². The van der Waals surface area contributed by atoms with E-state index in [-0.39, 0.29) is 18.4 Å². The minimum atomic E-state index is -0.480. The summed E-state index contributed by atoms with van der Waals surface area (Å²) in [6, 6.07) is 9.75. The van der Waals surface area contributed by atoms with Gasteiger partial charge in [-0.1, -0.05) is 50.1 Å². The van der Waals surface area contributed by atoms with Gasteiger partial charge in [0.2, 0.25) is 0 Å². The summed E-state index contributed by atoms with van der Waals surface area (Å²) in [5.41, 5.74) is 0.936. The van der Waals surface area contributed by atoms with Gasteiger partial charge in [-0.15, -0.1) is 0 Å². The van der Waals surface area contributed by atoms with Crippen LogP contribution in [0, 0.1) is 0 Å². The lowest BCUT2D eigenvalue weighted by Crippen LogP contribution is -3.00. The SMILES string of the molecule is CCCCCC(=O)CC[NH2+]C(C)C(O)c1ccccc1.[Cl-]. The van der Waals surface area contributed by atoms with E-state index < -0.39 is 6.10 Å². The average Bonchev–Trinajstić information content (AvgIpc) is 2.47. The molecule has 1 aromatic rings. The van der Waals surface area contributed by atoms with E-state index >= 15 is 0 Å². The van der Waals surface area contributed by atoms with E-state index in [4.69, 9.17) is 0 Å². The second-order valence-corrected chi connectivity index (χ2v) is 5.48. The largest absolute Gasteiger partial charge is 1.00 e. The van der Waals surface area contributed by atoms with Gasteiger partial charge in [-0.2, -0.15) is 0 Å². The Labute approximate surface area is 134 Å². The lowest BCUT2D eigenvalue weighted by molar-refractivity contribution is -0.693. The zero-order chi connectivity index (χ0) is 14.8. The Kier molecular flexibility index (Phi) is 11.2. The van der Waals surface area contributed by atoms with Crippen molar-refractivity contribution in [3.05, 3.63) is 35.9 Å². The van der Waals surface area contributed by atoms with Crippen molar-refractivity contribution in [3.8, 4) is 0 Å². The third-order valence-electron chi connectivity index (χ3n) is 3.66. The Morgan fingerprint density at radius 2 is 1.86 bits per heavy atom. The molecule has 21 heavy (non-hydrogen) atoms. The number of halogens is 1. The first-order chi connectivity index (χ1) is 9.65. The highest BCUT2D eigenvalue weighted by molar-refractivity contribution is 5.78. The Morgan fingerprint density at radius 3 is 2.48 bits per heavy atom. The fourth-order valence-electron chi connectivity index (χ4n) is 2.29. The fraction of sp³-hybridized carbons (Fsp3) is 0.588. The minimum absolute atomic E-state index is 0. The molecule has 0 spiro atoms. The molecule has 3 nitrogen and oxygen atoms in total. The summed E-state index contributed by atoms with van der Waals surface area (Å²) in [5, 5.41) is 12.3. The monoisotopic (exact) mass is 313 g/mol. The van der Waals surface area contributed by atoms with E-state index in [1.54, 1.807) is 0 Å². The van der Waals surface area contributed by atoms with Crippen molar-refractivity contribution in [1.82, 2.24) is 0 Å². The first-order valence-corrected chi connectivity index (χ1v) is 7.73. The Morgan fingerprint density at radius 1 is 1.19 bits per heavy atom. The molecular formula is C17H28ClNO2. The summed E-state index contributed by atoms with van der Waals surface area (Å²) in [6.45, 7) is 4.90. The number of nitrogens with two attached hydrogens (primary N) is 1. The summed E-state index contributed by atoms with van der Waals surface area (Å²) < 4.78 is 0. The lowest BCUT2D eigenvalue weighted by Gasteiger charge is -2.17. The molecule has 0 radical (unpaired) electrons. The van der Waals surface area contributed by atoms with Gasteiger partial charge in [0.05, 0.1) is 13.0 Å². The molecule has 0 bridgehead atoms. The quantitative estimate of drug-likeness (QED) is 0.557. The van der Waals surface area contributed by atoms with Crippen LogP contribution in [-0.4, -0.2) is 23.5 Å². The first kappa shape index (κ1) is 20.1. The van der Waals surface area contributed by atoms with Gasteiger partial charge in [-0.3, -0.25) is 4.79 Å². The molecule has 0 heterocycles. The van der Waals surface area contributed by atoms with Gasteiger partial charge in [0.1, 0.15) is 17.9 Å². The highest BCUT2D eigenvalue weighted by atomic mass is 35.5. The normalized spacial score (nSPS) is 13.3. The molecule has 0 amide bonds. The molecule has 0 aromatic heterocycles. The summed E-state index contributed by atoms with van der Waals surface area (Å²) in [4.78, 5) is 11.7. The molecule has 2 unspecified atom stereocenters. The predicted octanol–water partition coefficient (Wildman–Crippen LogP) is -0.785. The van der Waals surface area contributed by atoms with Crippen LogP contribution < -0.4 is 17.7 Å². The molecule has 120 valence electrons. The molecule has 0 saturated heterocycles. The van der Waals surface area contributed by atoms with Crippen LogP contribution in [0.3, 0.4) is 0 Å². The first-order valence-electron chi connectivity index (χ1n) is 7.73. The summed E-state index contributed by atoms with van der Waals surface area (Å²) >= 11 is 0. The number of unbranched alkanes of at least 4 members (excludes halogenated alkanes) is 2. The van der Waals surface area contributed by atoms with Crippen molar-refractivity contribution in [2.24, 2.45) is 0 Å². The third kappa shape index (κ3) is 8.20. The zero-order valence-corrected chi connectivity index (χ0v) is 13.9. The van der Waals surface area contributed by atoms with Crippen LogP contribution >= 0.6 is 0 Å². The number of hydrogen-bond acceptors (Lipinski definition) is 2. The maximum absolute atomic E-state index is 11.7. The van der Waals surface area contributed by atoms with Crippen LogP contribution in [0.1, 0.15) is 57.6 Å². The standard InChI is InChI=1S/C17H27NO2.ClH/c1-3-4-6-11-16(19)12-13-18-14(2)17(20)15-9-7-5-8-10-15;/h5,7-10,14,17-18,20H,3-4,6,11-13H2,1-2H3;1H. The number of aliphatic hydroxyl groups is 1. The van der Waals surface area contributed by atoms with Gasteiger partial charge in [0, 0.05) is 6.42 Å². The van der Waals surface area contributed by atoms with Crippen LogP contribution in [0.5, 0.6) is 0 Å². The topological polar surface area (TPSA) is 53.9 Å². The second-order valence-electron chi connectivity index (χ2n) is 5.48. The molecule has 1 aromatic carbocycles. The number of carbonyl (C=O) groups excluding carboxylic acids is 1. The number of carbonyl (C=O) groups is 1. The summed E-state index contributed by atoms with van der Waals surface area (Å²) in [7, 11) is 0. The zero-order valence-electron chi connectivity index (χ0n) is 13.1. The Hall–Kier alpha value is -0.900. The van der Waals surface area contributed by atoms with Gasteiger partial charge in [0.15, 0.2) is 0 Å². The fourth-order valence-corrected chi connectivity index (χ4v) is 2.29. The molecule has 4 heteroatoms. The van der Waals surface area contributed by atoms with Crippen LogP contribution in [0.25, 0.3) is 0 Å². The van der Waals surface area contributed by atoms with E-state index in [0.29, 0.717) is 18.6 Å². The Bertz CT molecular complexity index is 384. The molecule has 0 saturated carbocycles. The van der Waals surface area contributed by atoms with Crippen molar-refractivity contribution in [1.29, 1.82) is 0 Å². The number of hydrogen-bond donors (Lipinski definition) is 2. The molecule has 2 atom stereocenters. The number of quaternary nitrogens is 1. The number of ketones is 1. The molecule has 0 aliphatic heterocycles. The van der Waals surface area contributed by atoms with Gasteiger partial charge < -0.3 is 22.8 Å². The van der Waals surface area contributed by atoms with Crippen LogP contribution in [0.15, 0.2) is 30.3 Å². The van der Waals surface area contributed by atoms with E-state index in [0.717, 1.165) is 31.4 Å². The van der Waals surface area contributed by atoms with Gasteiger partial charge >= 0.3 is 0 Å².